The molecular weight excluding hydrogens is 468 g/mol. The number of cyclic esters (lactones) is 1. The normalized spacial score (nSPS) is 23.5. The van der Waals surface area contributed by atoms with E-state index in [0.717, 1.165) is 17.9 Å². The SMILES string of the molecule is COc1cc([C@H](O)[C@@H]2C(=O)OC[C@H]2C2(c3ccc(C)s3)SCCCS2)cc(OC)c1OC. The molecule has 2 aromatic rings. The molecule has 0 bridgehead atoms. The van der Waals surface area contributed by atoms with Crippen molar-refractivity contribution < 1.29 is 28.8 Å². The van der Waals surface area contributed by atoms with Crippen LogP contribution in [0, 0.1) is 18.8 Å². The summed E-state index contributed by atoms with van der Waals surface area (Å²) < 4.78 is 21.6. The number of aliphatic hydroxyl groups is 1. The van der Waals surface area contributed by atoms with Crippen molar-refractivity contribution in [1.82, 2.24) is 0 Å². The Morgan fingerprint density at radius 3 is 2.28 bits per heavy atom. The summed E-state index contributed by atoms with van der Waals surface area (Å²) in [6.45, 7) is 2.39. The first-order chi connectivity index (χ1) is 15.4. The van der Waals surface area contributed by atoms with Gasteiger partial charge in [-0.25, -0.2) is 0 Å². The topological polar surface area (TPSA) is 74.2 Å². The summed E-state index contributed by atoms with van der Waals surface area (Å²) in [5.74, 6) is 2.12. The second-order valence-electron chi connectivity index (χ2n) is 7.79. The van der Waals surface area contributed by atoms with E-state index in [0.29, 0.717) is 29.4 Å². The fourth-order valence-electron chi connectivity index (χ4n) is 4.42. The van der Waals surface area contributed by atoms with Gasteiger partial charge >= 0.3 is 5.97 Å². The molecule has 2 fully saturated rings. The molecule has 3 atom stereocenters. The van der Waals surface area contributed by atoms with Crippen LogP contribution in [0.15, 0.2) is 24.3 Å². The molecule has 0 spiro atoms. The van der Waals surface area contributed by atoms with Crippen molar-refractivity contribution in [2.45, 2.75) is 23.5 Å². The number of thiophene rings is 1. The third kappa shape index (κ3) is 4.08. The first-order valence-corrected chi connectivity index (χ1v) is 13.2. The number of benzene rings is 1. The highest BCUT2D eigenvalue weighted by atomic mass is 32.2. The minimum absolute atomic E-state index is 0.169. The van der Waals surface area contributed by atoms with Gasteiger partial charge in [0.05, 0.1) is 40.0 Å². The monoisotopic (exact) mass is 496 g/mol. The van der Waals surface area contributed by atoms with Crippen LogP contribution < -0.4 is 14.2 Å². The predicted octanol–water partition coefficient (Wildman–Crippen LogP) is 4.63. The van der Waals surface area contributed by atoms with E-state index in [1.54, 1.807) is 23.5 Å². The van der Waals surface area contributed by atoms with E-state index >= 15 is 0 Å². The average molecular weight is 497 g/mol. The summed E-state index contributed by atoms with van der Waals surface area (Å²) in [6.07, 6.45) is 0.0630. The molecule has 2 saturated heterocycles. The van der Waals surface area contributed by atoms with Crippen LogP contribution in [0.5, 0.6) is 17.2 Å². The summed E-state index contributed by atoms with van der Waals surface area (Å²) in [6, 6.07) is 7.70. The molecule has 4 rings (SSSR count). The lowest BCUT2D eigenvalue weighted by Gasteiger charge is -2.42. The standard InChI is InChI=1S/C23H28O6S3/c1-13-6-7-18(32-13)23(30-8-5-9-31-23)15-12-29-22(25)19(15)20(24)14-10-16(26-2)21(28-4)17(11-14)27-3/h6-7,10-11,15,19-20,24H,5,8-9,12H2,1-4H3/t15-,19-,20+/m1/s1. The van der Waals surface area contributed by atoms with Crippen LogP contribution in [0.1, 0.15) is 27.8 Å². The van der Waals surface area contributed by atoms with Gasteiger partial charge in [-0.15, -0.1) is 34.9 Å². The van der Waals surface area contributed by atoms with Gasteiger partial charge in [-0.1, -0.05) is 0 Å². The summed E-state index contributed by atoms with van der Waals surface area (Å²) in [5.41, 5.74) is 0.539. The minimum Gasteiger partial charge on any atom is -0.493 e. The Balaban J connectivity index is 1.75. The van der Waals surface area contributed by atoms with Crippen molar-refractivity contribution in [2.24, 2.45) is 11.8 Å². The number of ether oxygens (including phenoxy) is 4. The number of carbonyl (C=O) groups is 1. The molecule has 0 amide bonds. The van der Waals surface area contributed by atoms with Gasteiger partial charge in [0.25, 0.3) is 0 Å². The van der Waals surface area contributed by atoms with Crippen molar-refractivity contribution in [2.75, 3.05) is 39.4 Å². The molecule has 174 valence electrons. The number of aliphatic hydroxyl groups excluding tert-OH is 1. The van der Waals surface area contributed by atoms with Crippen LogP contribution in [-0.2, 0) is 13.6 Å². The molecule has 3 heterocycles. The number of esters is 1. The summed E-state index contributed by atoms with van der Waals surface area (Å²) in [7, 11) is 4.60. The molecule has 32 heavy (non-hydrogen) atoms. The van der Waals surface area contributed by atoms with Crippen LogP contribution in [0.25, 0.3) is 0 Å². The molecule has 1 aromatic carbocycles. The van der Waals surface area contributed by atoms with E-state index in [1.165, 1.54) is 31.1 Å². The Bertz CT molecular complexity index is 943. The largest absolute Gasteiger partial charge is 0.493 e. The van der Waals surface area contributed by atoms with Gasteiger partial charge in [0.2, 0.25) is 5.75 Å². The number of rotatable bonds is 7. The molecule has 0 unspecified atom stereocenters. The van der Waals surface area contributed by atoms with E-state index in [4.69, 9.17) is 18.9 Å². The Kier molecular flexibility index (Phi) is 7.19. The van der Waals surface area contributed by atoms with Gasteiger partial charge in [0.15, 0.2) is 11.5 Å². The van der Waals surface area contributed by atoms with Gasteiger partial charge in [-0.3, -0.25) is 4.79 Å². The Morgan fingerprint density at radius 2 is 1.75 bits per heavy atom. The lowest BCUT2D eigenvalue weighted by molar-refractivity contribution is -0.144. The van der Waals surface area contributed by atoms with E-state index in [-0.39, 0.29) is 16.0 Å². The molecule has 6 nitrogen and oxygen atoms in total. The average Bonchev–Trinajstić information content (AvgIpc) is 3.44. The van der Waals surface area contributed by atoms with Crippen LogP contribution in [0.2, 0.25) is 0 Å². The van der Waals surface area contributed by atoms with Gasteiger partial charge < -0.3 is 24.1 Å². The maximum atomic E-state index is 13.0. The lowest BCUT2D eigenvalue weighted by Crippen LogP contribution is -2.38. The van der Waals surface area contributed by atoms with E-state index in [9.17, 15) is 9.90 Å². The van der Waals surface area contributed by atoms with Crippen molar-refractivity contribution in [1.29, 1.82) is 0 Å². The van der Waals surface area contributed by atoms with Gasteiger partial charge in [0, 0.05) is 15.7 Å². The van der Waals surface area contributed by atoms with Crippen LogP contribution in [0.4, 0.5) is 0 Å². The summed E-state index contributed by atoms with van der Waals surface area (Å²) >= 11 is 5.51. The number of thioether (sulfide) groups is 2. The summed E-state index contributed by atoms with van der Waals surface area (Å²) in [4.78, 5) is 15.4. The van der Waals surface area contributed by atoms with Gasteiger partial charge in [0.1, 0.15) is 4.08 Å². The molecule has 2 aliphatic heterocycles. The van der Waals surface area contributed by atoms with Crippen LogP contribution in [-0.4, -0.2) is 50.5 Å². The zero-order valence-corrected chi connectivity index (χ0v) is 21.0. The van der Waals surface area contributed by atoms with E-state index in [2.05, 4.69) is 19.1 Å². The van der Waals surface area contributed by atoms with Crippen molar-refractivity contribution in [3.8, 4) is 17.2 Å². The highest BCUT2D eigenvalue weighted by molar-refractivity contribution is 8.18. The number of methoxy groups -OCH3 is 3. The third-order valence-corrected chi connectivity index (χ3v) is 11.0. The van der Waals surface area contributed by atoms with Crippen LogP contribution in [0.3, 0.4) is 0 Å². The Morgan fingerprint density at radius 1 is 1.09 bits per heavy atom. The number of hydrogen-bond donors (Lipinski definition) is 1. The highest BCUT2D eigenvalue weighted by Gasteiger charge is 2.56. The van der Waals surface area contributed by atoms with Gasteiger partial charge in [-0.2, -0.15) is 0 Å². The quantitative estimate of drug-likeness (QED) is 0.557. The maximum Gasteiger partial charge on any atom is 0.312 e. The molecule has 0 saturated carbocycles. The summed E-state index contributed by atoms with van der Waals surface area (Å²) in [5, 5.41) is 11.5. The predicted molar refractivity (Wildman–Crippen MR) is 129 cm³/mol. The number of hydrogen-bond acceptors (Lipinski definition) is 9. The second kappa shape index (κ2) is 9.75. The van der Waals surface area contributed by atoms with Crippen LogP contribution >= 0.6 is 34.9 Å². The molecule has 1 N–H and O–H groups in total. The molecule has 9 heteroatoms. The Labute approximate surface area is 201 Å². The number of aryl methyl sites for hydroxylation is 1. The molecule has 0 radical (unpaired) electrons. The molecule has 1 aromatic heterocycles. The van der Waals surface area contributed by atoms with Gasteiger partial charge in [-0.05, 0) is 54.7 Å². The fraction of sp³-hybridized carbons (Fsp3) is 0.522. The maximum absolute atomic E-state index is 13.0. The zero-order chi connectivity index (χ0) is 22.9. The molecule has 0 aliphatic carbocycles. The lowest BCUT2D eigenvalue weighted by atomic mass is 9.83. The first kappa shape index (κ1) is 23.6. The first-order valence-electron chi connectivity index (χ1n) is 10.4. The molecule has 2 aliphatic rings. The van der Waals surface area contributed by atoms with E-state index in [1.807, 2.05) is 23.5 Å². The number of carbonyl (C=O) groups excluding carboxylic acids is 1. The van der Waals surface area contributed by atoms with E-state index < -0.39 is 12.0 Å². The fourth-order valence-corrected chi connectivity index (χ4v) is 9.41. The third-order valence-electron chi connectivity index (χ3n) is 5.97. The molecular formula is C23H28O6S3. The van der Waals surface area contributed by atoms with Crippen molar-refractivity contribution in [3.05, 3.63) is 39.6 Å². The zero-order valence-electron chi connectivity index (χ0n) is 18.6. The highest BCUT2D eigenvalue weighted by Crippen LogP contribution is 2.61. The van der Waals surface area contributed by atoms with Crippen molar-refractivity contribution >= 4 is 40.8 Å². The second-order valence-corrected chi connectivity index (χ2v) is 12.0. The van der Waals surface area contributed by atoms with Crippen molar-refractivity contribution in [3.63, 3.8) is 0 Å². The Hall–Kier alpha value is -1.55. The minimum atomic E-state index is -1.07. The smallest absolute Gasteiger partial charge is 0.312 e.